The quantitative estimate of drug-likeness (QED) is 0.690. The molecule has 2 rings (SSSR count). The zero-order valence-electron chi connectivity index (χ0n) is 10.5. The van der Waals surface area contributed by atoms with E-state index in [1.54, 1.807) is 0 Å². The predicted molar refractivity (Wildman–Crippen MR) is 71.0 cm³/mol. The topological polar surface area (TPSA) is 17.8 Å². The second kappa shape index (κ2) is 6.24. The highest BCUT2D eigenvalue weighted by Gasteiger charge is 2.02. The largest absolute Gasteiger partial charge is 0.333 e. The number of hydrogen-bond acceptors (Lipinski definition) is 1. The highest BCUT2D eigenvalue weighted by atomic mass is 15.0. The summed E-state index contributed by atoms with van der Waals surface area (Å²) in [4.78, 5) is 4.09. The molecule has 0 N–H and O–H groups in total. The third-order valence-corrected chi connectivity index (χ3v) is 3.08. The van der Waals surface area contributed by atoms with E-state index in [4.69, 9.17) is 0 Å². The van der Waals surface area contributed by atoms with E-state index < -0.39 is 0 Å². The van der Waals surface area contributed by atoms with Crippen LogP contribution in [-0.4, -0.2) is 9.55 Å². The summed E-state index contributed by atoms with van der Waals surface area (Å²) < 4.78 is 2.12. The van der Waals surface area contributed by atoms with Gasteiger partial charge in [-0.25, -0.2) is 4.98 Å². The first-order chi connectivity index (χ1) is 8.40. The summed E-state index contributed by atoms with van der Waals surface area (Å²) in [5.41, 5.74) is 2.90. The lowest BCUT2D eigenvalue weighted by atomic mass is 10.0. The summed E-state index contributed by atoms with van der Waals surface area (Å²) in [5, 5.41) is 0. The number of imidazole rings is 1. The molecule has 1 aromatic heterocycles. The molecule has 90 valence electrons. The molecule has 1 aromatic carbocycles. The average Bonchev–Trinajstić information content (AvgIpc) is 2.84. The molecule has 0 aliphatic heterocycles. The van der Waals surface area contributed by atoms with Gasteiger partial charge in [0, 0.05) is 18.9 Å². The van der Waals surface area contributed by atoms with Crippen molar-refractivity contribution in [3.05, 3.63) is 54.1 Å². The van der Waals surface area contributed by atoms with E-state index in [1.807, 2.05) is 18.7 Å². The first kappa shape index (κ1) is 11.9. The van der Waals surface area contributed by atoms with Gasteiger partial charge in [-0.1, -0.05) is 44.0 Å². The van der Waals surface area contributed by atoms with Gasteiger partial charge in [0.2, 0.25) is 0 Å². The Labute approximate surface area is 103 Å². The van der Waals surface area contributed by atoms with Gasteiger partial charge in [0.25, 0.3) is 0 Å². The van der Waals surface area contributed by atoms with Crippen LogP contribution < -0.4 is 0 Å². The van der Waals surface area contributed by atoms with E-state index in [-0.39, 0.29) is 0 Å². The van der Waals surface area contributed by atoms with E-state index >= 15 is 0 Å². The van der Waals surface area contributed by atoms with Crippen molar-refractivity contribution in [2.24, 2.45) is 0 Å². The number of nitrogens with zero attached hydrogens (tertiary/aromatic N) is 2. The Balaban J connectivity index is 2.05. The highest BCUT2D eigenvalue weighted by molar-refractivity contribution is 5.27. The van der Waals surface area contributed by atoms with E-state index in [0.29, 0.717) is 0 Å². The second-order valence-corrected chi connectivity index (χ2v) is 4.46. The van der Waals surface area contributed by atoms with E-state index in [1.165, 1.54) is 36.8 Å². The Morgan fingerprint density at radius 2 is 1.94 bits per heavy atom. The molecule has 2 aromatic rings. The van der Waals surface area contributed by atoms with Gasteiger partial charge in [-0.2, -0.15) is 0 Å². The second-order valence-electron chi connectivity index (χ2n) is 4.46. The van der Waals surface area contributed by atoms with Crippen LogP contribution in [0.1, 0.15) is 37.3 Å². The zero-order valence-corrected chi connectivity index (χ0v) is 10.5. The lowest BCUT2D eigenvalue weighted by molar-refractivity contribution is 0.705. The SMILES string of the molecule is CCCCCc1ccccc1Cn1ccnc1. The summed E-state index contributed by atoms with van der Waals surface area (Å²) >= 11 is 0. The summed E-state index contributed by atoms with van der Waals surface area (Å²) in [6.07, 6.45) is 10.8. The maximum absolute atomic E-state index is 4.09. The summed E-state index contributed by atoms with van der Waals surface area (Å²) in [6, 6.07) is 8.73. The monoisotopic (exact) mass is 228 g/mol. The first-order valence-electron chi connectivity index (χ1n) is 6.42. The Hall–Kier alpha value is -1.57. The standard InChI is InChI=1S/C15H20N2/c1-2-3-4-7-14-8-5-6-9-15(14)12-17-11-10-16-13-17/h5-6,8-11,13H,2-4,7,12H2,1H3. The lowest BCUT2D eigenvalue weighted by Crippen LogP contribution is -2.01. The van der Waals surface area contributed by atoms with E-state index in [9.17, 15) is 0 Å². The number of hydrogen-bond donors (Lipinski definition) is 0. The number of aryl methyl sites for hydroxylation is 1. The van der Waals surface area contributed by atoms with Crippen molar-refractivity contribution in [3.63, 3.8) is 0 Å². The number of unbranched alkanes of at least 4 members (excludes halogenated alkanes) is 2. The molecule has 0 saturated carbocycles. The van der Waals surface area contributed by atoms with Gasteiger partial charge in [-0.05, 0) is 24.0 Å². The van der Waals surface area contributed by atoms with Crippen LogP contribution in [-0.2, 0) is 13.0 Å². The Kier molecular flexibility index (Phi) is 4.37. The van der Waals surface area contributed by atoms with Crippen LogP contribution in [0.5, 0.6) is 0 Å². The van der Waals surface area contributed by atoms with Gasteiger partial charge in [-0.3, -0.25) is 0 Å². The summed E-state index contributed by atoms with van der Waals surface area (Å²) in [5.74, 6) is 0. The van der Waals surface area contributed by atoms with E-state index in [2.05, 4.69) is 40.7 Å². The van der Waals surface area contributed by atoms with Crippen molar-refractivity contribution < 1.29 is 0 Å². The molecule has 0 aliphatic rings. The molecular weight excluding hydrogens is 208 g/mol. The fraction of sp³-hybridized carbons (Fsp3) is 0.400. The summed E-state index contributed by atoms with van der Waals surface area (Å²) in [6.45, 7) is 3.18. The highest BCUT2D eigenvalue weighted by Crippen LogP contribution is 2.14. The van der Waals surface area contributed by atoms with Crippen molar-refractivity contribution >= 4 is 0 Å². The van der Waals surface area contributed by atoms with E-state index in [0.717, 1.165) is 6.54 Å². The Morgan fingerprint density at radius 3 is 2.65 bits per heavy atom. The van der Waals surface area contributed by atoms with Crippen LogP contribution in [0.4, 0.5) is 0 Å². The minimum Gasteiger partial charge on any atom is -0.333 e. The molecule has 2 heteroatoms. The Morgan fingerprint density at radius 1 is 1.12 bits per heavy atom. The zero-order chi connectivity index (χ0) is 11.9. The molecule has 0 fully saturated rings. The van der Waals surface area contributed by atoms with Crippen LogP contribution in [0.2, 0.25) is 0 Å². The molecular formula is C15H20N2. The van der Waals surface area contributed by atoms with Crippen molar-refractivity contribution in [2.75, 3.05) is 0 Å². The van der Waals surface area contributed by atoms with Crippen molar-refractivity contribution in [2.45, 2.75) is 39.2 Å². The van der Waals surface area contributed by atoms with Crippen LogP contribution in [0.25, 0.3) is 0 Å². The van der Waals surface area contributed by atoms with Gasteiger partial charge >= 0.3 is 0 Å². The van der Waals surface area contributed by atoms with Gasteiger partial charge in [0.1, 0.15) is 0 Å². The average molecular weight is 228 g/mol. The predicted octanol–water partition coefficient (Wildman–Crippen LogP) is 3.66. The number of benzene rings is 1. The molecule has 1 heterocycles. The van der Waals surface area contributed by atoms with Crippen LogP contribution in [0, 0.1) is 0 Å². The van der Waals surface area contributed by atoms with Crippen molar-refractivity contribution in [1.29, 1.82) is 0 Å². The summed E-state index contributed by atoms with van der Waals surface area (Å²) in [7, 11) is 0. The van der Waals surface area contributed by atoms with Crippen LogP contribution >= 0.6 is 0 Å². The molecule has 2 nitrogen and oxygen atoms in total. The third kappa shape index (κ3) is 3.45. The van der Waals surface area contributed by atoms with Gasteiger partial charge < -0.3 is 4.57 Å². The van der Waals surface area contributed by atoms with Gasteiger partial charge in [0.05, 0.1) is 6.33 Å². The molecule has 17 heavy (non-hydrogen) atoms. The van der Waals surface area contributed by atoms with Crippen LogP contribution in [0.3, 0.4) is 0 Å². The molecule has 0 amide bonds. The molecule has 0 bridgehead atoms. The van der Waals surface area contributed by atoms with Gasteiger partial charge in [0.15, 0.2) is 0 Å². The third-order valence-electron chi connectivity index (χ3n) is 3.08. The number of rotatable bonds is 6. The lowest BCUT2D eigenvalue weighted by Gasteiger charge is -2.09. The van der Waals surface area contributed by atoms with Gasteiger partial charge in [-0.15, -0.1) is 0 Å². The first-order valence-corrected chi connectivity index (χ1v) is 6.42. The molecule has 0 radical (unpaired) electrons. The molecule has 0 unspecified atom stereocenters. The fourth-order valence-corrected chi connectivity index (χ4v) is 2.10. The molecule has 0 saturated heterocycles. The maximum atomic E-state index is 4.09. The fourth-order valence-electron chi connectivity index (χ4n) is 2.10. The van der Waals surface area contributed by atoms with Crippen molar-refractivity contribution in [3.8, 4) is 0 Å². The van der Waals surface area contributed by atoms with Crippen LogP contribution in [0.15, 0.2) is 43.0 Å². The Bertz CT molecular complexity index is 432. The normalized spacial score (nSPS) is 10.6. The minimum absolute atomic E-state index is 0.933. The molecule has 0 spiro atoms. The molecule has 0 aliphatic carbocycles. The minimum atomic E-state index is 0.933. The number of aromatic nitrogens is 2. The maximum Gasteiger partial charge on any atom is 0.0949 e. The smallest absolute Gasteiger partial charge is 0.0949 e. The molecule has 0 atom stereocenters. The van der Waals surface area contributed by atoms with Crippen molar-refractivity contribution in [1.82, 2.24) is 9.55 Å².